The van der Waals surface area contributed by atoms with Gasteiger partial charge in [0, 0.05) is 30.8 Å². The number of ether oxygens (including phenoxy) is 1. The van der Waals surface area contributed by atoms with Crippen LogP contribution in [0.5, 0.6) is 0 Å². The maximum atomic E-state index is 11.9. The maximum absolute atomic E-state index is 11.9. The fourth-order valence-electron chi connectivity index (χ4n) is 3.16. The molecule has 1 saturated carbocycles. The molecule has 1 aliphatic carbocycles. The van der Waals surface area contributed by atoms with Gasteiger partial charge in [0.25, 0.3) is 0 Å². The molecular weight excluding hydrogens is 216 g/mol. The summed E-state index contributed by atoms with van der Waals surface area (Å²) in [6.45, 7) is 5.61. The lowest BCUT2D eigenvalue weighted by molar-refractivity contribution is -0.154. The van der Waals surface area contributed by atoms with Crippen molar-refractivity contribution in [2.45, 2.75) is 45.3 Å². The highest BCUT2D eigenvalue weighted by molar-refractivity contribution is 5.85. The highest BCUT2D eigenvalue weighted by Gasteiger charge is 2.49. The van der Waals surface area contributed by atoms with Gasteiger partial charge >= 0.3 is 0 Å². The lowest BCUT2D eigenvalue weighted by Gasteiger charge is -2.45. The van der Waals surface area contributed by atoms with Gasteiger partial charge in [-0.2, -0.15) is 0 Å². The van der Waals surface area contributed by atoms with E-state index in [1.54, 1.807) is 0 Å². The number of hydrogen-bond acceptors (Lipinski definition) is 3. The Bertz CT molecular complexity index is 464. The highest BCUT2D eigenvalue weighted by Crippen LogP contribution is 2.47. The largest absolute Gasteiger partial charge is 0.365 e. The average molecular weight is 234 g/mol. The molecule has 2 heterocycles. The van der Waals surface area contributed by atoms with Gasteiger partial charge in [0.15, 0.2) is 0 Å². The van der Waals surface area contributed by atoms with Crippen LogP contribution in [0.2, 0.25) is 0 Å². The SMILES string of the molecule is CC1(C)CC2(CCC1=O)OCCn1ccnc12. The van der Waals surface area contributed by atoms with Gasteiger partial charge < -0.3 is 9.30 Å². The van der Waals surface area contributed by atoms with Gasteiger partial charge in [-0.3, -0.25) is 4.79 Å². The van der Waals surface area contributed by atoms with Gasteiger partial charge in [-0.25, -0.2) is 4.98 Å². The Labute approximate surface area is 101 Å². The average Bonchev–Trinajstić information content (AvgIpc) is 2.73. The minimum Gasteiger partial charge on any atom is -0.365 e. The predicted molar refractivity (Wildman–Crippen MR) is 62.5 cm³/mol. The summed E-state index contributed by atoms with van der Waals surface area (Å²) in [4.78, 5) is 16.4. The van der Waals surface area contributed by atoms with Crippen molar-refractivity contribution in [3.8, 4) is 0 Å². The molecule has 0 radical (unpaired) electrons. The Morgan fingerprint density at radius 1 is 1.47 bits per heavy atom. The third-order valence-corrected chi connectivity index (χ3v) is 4.07. The van der Waals surface area contributed by atoms with Crippen LogP contribution in [0.3, 0.4) is 0 Å². The summed E-state index contributed by atoms with van der Waals surface area (Å²) in [5.74, 6) is 1.35. The van der Waals surface area contributed by atoms with Crippen LogP contribution in [-0.2, 0) is 21.7 Å². The zero-order valence-electron chi connectivity index (χ0n) is 10.4. The molecule has 17 heavy (non-hydrogen) atoms. The Balaban J connectivity index is 2.02. The van der Waals surface area contributed by atoms with E-state index in [9.17, 15) is 4.79 Å². The van der Waals surface area contributed by atoms with E-state index in [1.165, 1.54) is 0 Å². The molecule has 1 fully saturated rings. The number of carbonyl (C=O) groups excluding carboxylic acids is 1. The second kappa shape index (κ2) is 3.42. The molecule has 1 unspecified atom stereocenters. The van der Waals surface area contributed by atoms with Crippen LogP contribution in [-0.4, -0.2) is 21.9 Å². The van der Waals surface area contributed by atoms with Crippen LogP contribution in [0.25, 0.3) is 0 Å². The topological polar surface area (TPSA) is 44.1 Å². The van der Waals surface area contributed by atoms with E-state index >= 15 is 0 Å². The molecule has 4 nitrogen and oxygen atoms in total. The van der Waals surface area contributed by atoms with Gasteiger partial charge in [-0.1, -0.05) is 13.8 Å². The Morgan fingerprint density at radius 3 is 3.06 bits per heavy atom. The Hall–Kier alpha value is -1.16. The van der Waals surface area contributed by atoms with Crippen LogP contribution in [0.4, 0.5) is 0 Å². The first-order valence-electron chi connectivity index (χ1n) is 6.22. The number of aromatic nitrogens is 2. The molecule has 0 N–H and O–H groups in total. The second-order valence-corrected chi connectivity index (χ2v) is 5.77. The molecular formula is C13H18N2O2. The second-order valence-electron chi connectivity index (χ2n) is 5.77. The molecule has 0 amide bonds. The van der Waals surface area contributed by atoms with Gasteiger partial charge in [0.05, 0.1) is 6.61 Å². The minimum atomic E-state index is -0.334. The van der Waals surface area contributed by atoms with E-state index in [4.69, 9.17) is 4.74 Å². The number of carbonyl (C=O) groups is 1. The molecule has 0 aromatic carbocycles. The van der Waals surface area contributed by atoms with E-state index in [-0.39, 0.29) is 11.0 Å². The first-order chi connectivity index (χ1) is 8.04. The monoisotopic (exact) mass is 234 g/mol. The van der Waals surface area contributed by atoms with Crippen molar-refractivity contribution in [1.82, 2.24) is 9.55 Å². The van der Waals surface area contributed by atoms with Gasteiger partial charge in [-0.15, -0.1) is 0 Å². The van der Waals surface area contributed by atoms with Gasteiger partial charge in [-0.05, 0) is 12.8 Å². The summed E-state index contributed by atoms with van der Waals surface area (Å²) in [6.07, 6.45) is 5.94. The zero-order chi connectivity index (χ0) is 12.1. The molecule has 4 heteroatoms. The third kappa shape index (κ3) is 1.54. The first-order valence-corrected chi connectivity index (χ1v) is 6.22. The molecule has 2 aliphatic rings. The van der Waals surface area contributed by atoms with E-state index in [2.05, 4.69) is 9.55 Å². The maximum Gasteiger partial charge on any atom is 0.141 e. The minimum absolute atomic E-state index is 0.299. The van der Waals surface area contributed by atoms with Crippen molar-refractivity contribution in [2.24, 2.45) is 5.41 Å². The summed E-state index contributed by atoms with van der Waals surface area (Å²) in [5.41, 5.74) is -0.633. The molecule has 1 aromatic heterocycles. The van der Waals surface area contributed by atoms with Crippen LogP contribution in [0.15, 0.2) is 12.4 Å². The number of ketones is 1. The van der Waals surface area contributed by atoms with Crippen molar-refractivity contribution in [3.05, 3.63) is 18.2 Å². The van der Waals surface area contributed by atoms with Crippen molar-refractivity contribution < 1.29 is 9.53 Å². The van der Waals surface area contributed by atoms with E-state index < -0.39 is 0 Å². The number of hydrogen-bond donors (Lipinski definition) is 0. The number of rotatable bonds is 0. The third-order valence-electron chi connectivity index (χ3n) is 4.07. The van der Waals surface area contributed by atoms with E-state index in [0.29, 0.717) is 18.8 Å². The summed E-state index contributed by atoms with van der Waals surface area (Å²) in [7, 11) is 0. The first kappa shape index (κ1) is 11.0. The van der Waals surface area contributed by atoms with Crippen molar-refractivity contribution >= 4 is 5.78 Å². The van der Waals surface area contributed by atoms with E-state index in [0.717, 1.165) is 25.2 Å². The standard InChI is InChI=1S/C13H18N2O2/c1-12(2)9-13(4-3-10(12)16)11-14-5-6-15(11)7-8-17-13/h5-6H,3-4,7-9H2,1-2H3. The molecule has 92 valence electrons. The van der Waals surface area contributed by atoms with E-state index in [1.807, 2.05) is 26.2 Å². The summed E-state index contributed by atoms with van der Waals surface area (Å²) in [5, 5.41) is 0. The van der Waals surface area contributed by atoms with Crippen LogP contribution in [0, 0.1) is 5.41 Å². The molecule has 1 aliphatic heterocycles. The Kier molecular flexibility index (Phi) is 2.20. The normalized spacial score (nSPS) is 31.5. The number of fused-ring (bicyclic) bond motifs is 2. The van der Waals surface area contributed by atoms with Crippen LogP contribution < -0.4 is 0 Å². The summed E-state index contributed by atoms with van der Waals surface area (Å²) < 4.78 is 8.20. The van der Waals surface area contributed by atoms with Gasteiger partial charge in [0.2, 0.25) is 0 Å². The summed E-state index contributed by atoms with van der Waals surface area (Å²) >= 11 is 0. The quantitative estimate of drug-likeness (QED) is 0.688. The molecule has 0 bridgehead atoms. The number of imidazole rings is 1. The fraction of sp³-hybridized carbons (Fsp3) is 0.692. The molecule has 1 atom stereocenters. The molecule has 1 aromatic rings. The van der Waals surface area contributed by atoms with Crippen molar-refractivity contribution in [2.75, 3.05) is 6.61 Å². The lowest BCUT2D eigenvalue weighted by Crippen LogP contribution is -2.48. The lowest BCUT2D eigenvalue weighted by atomic mass is 9.68. The highest BCUT2D eigenvalue weighted by atomic mass is 16.5. The molecule has 0 saturated heterocycles. The molecule has 1 spiro atoms. The Morgan fingerprint density at radius 2 is 2.29 bits per heavy atom. The predicted octanol–water partition coefficient (Wildman–Crippen LogP) is 1.89. The fourth-order valence-corrected chi connectivity index (χ4v) is 3.16. The number of nitrogens with zero attached hydrogens (tertiary/aromatic N) is 2. The summed E-state index contributed by atoms with van der Waals surface area (Å²) in [6, 6.07) is 0. The molecule has 3 rings (SSSR count). The van der Waals surface area contributed by atoms with Crippen molar-refractivity contribution in [1.29, 1.82) is 0 Å². The van der Waals surface area contributed by atoms with Crippen molar-refractivity contribution in [3.63, 3.8) is 0 Å². The van der Waals surface area contributed by atoms with Crippen LogP contribution in [0.1, 0.15) is 38.9 Å². The number of Topliss-reactive ketones (excluding diaryl/α,β-unsaturated/α-hetero) is 1. The van der Waals surface area contributed by atoms with Crippen LogP contribution >= 0.6 is 0 Å². The zero-order valence-corrected chi connectivity index (χ0v) is 10.4. The van der Waals surface area contributed by atoms with Gasteiger partial charge in [0.1, 0.15) is 17.2 Å². The smallest absolute Gasteiger partial charge is 0.141 e.